The molecule has 0 amide bonds. The standard InChI is InChI=1S/C24H26N2O/c1-17-7-5-10-19(15-25)23(17)24(27)20-13-21-11-6-12-22(14-20)26(21)16-18-8-3-2-4-9-18/h2-5,7-10,20-22H,6,11-14,16H2,1H3. The highest BCUT2D eigenvalue weighted by Gasteiger charge is 2.41. The number of carbonyl (C=O) groups is 1. The van der Waals surface area contributed by atoms with E-state index in [9.17, 15) is 10.1 Å². The summed E-state index contributed by atoms with van der Waals surface area (Å²) in [5.41, 5.74) is 3.46. The minimum Gasteiger partial charge on any atom is -0.294 e. The quantitative estimate of drug-likeness (QED) is 0.732. The van der Waals surface area contributed by atoms with E-state index in [1.807, 2.05) is 19.1 Å². The Morgan fingerprint density at radius 2 is 1.78 bits per heavy atom. The monoisotopic (exact) mass is 358 g/mol. The molecule has 2 aliphatic rings. The summed E-state index contributed by atoms with van der Waals surface area (Å²) >= 11 is 0. The van der Waals surface area contributed by atoms with E-state index in [2.05, 4.69) is 41.3 Å². The molecule has 2 fully saturated rings. The first-order valence-corrected chi connectivity index (χ1v) is 10.0. The Morgan fingerprint density at radius 3 is 2.44 bits per heavy atom. The number of rotatable bonds is 4. The Balaban J connectivity index is 1.55. The number of ketones is 1. The molecule has 2 aromatic carbocycles. The zero-order valence-electron chi connectivity index (χ0n) is 15.9. The van der Waals surface area contributed by atoms with Gasteiger partial charge in [-0.05, 0) is 49.8 Å². The maximum atomic E-state index is 13.3. The number of aryl methyl sites for hydroxylation is 1. The van der Waals surface area contributed by atoms with E-state index in [4.69, 9.17) is 0 Å². The number of nitrogens with zero attached hydrogens (tertiary/aromatic N) is 2. The Morgan fingerprint density at radius 1 is 1.07 bits per heavy atom. The number of piperidine rings is 2. The Hall–Kier alpha value is -2.44. The molecule has 2 atom stereocenters. The van der Waals surface area contributed by atoms with Crippen LogP contribution < -0.4 is 0 Å². The van der Waals surface area contributed by atoms with Crippen LogP contribution in [0.25, 0.3) is 0 Å². The van der Waals surface area contributed by atoms with E-state index in [0.29, 0.717) is 23.2 Å². The van der Waals surface area contributed by atoms with Gasteiger partial charge in [-0.3, -0.25) is 9.69 Å². The van der Waals surface area contributed by atoms with Crippen LogP contribution in [0.5, 0.6) is 0 Å². The molecule has 0 aliphatic carbocycles. The second-order valence-corrected chi connectivity index (χ2v) is 8.04. The van der Waals surface area contributed by atoms with Crippen molar-refractivity contribution in [3.05, 3.63) is 70.8 Å². The van der Waals surface area contributed by atoms with Crippen molar-refractivity contribution in [1.82, 2.24) is 4.90 Å². The van der Waals surface area contributed by atoms with E-state index < -0.39 is 0 Å². The normalized spacial score (nSPS) is 25.0. The van der Waals surface area contributed by atoms with Crippen molar-refractivity contribution in [1.29, 1.82) is 5.26 Å². The highest BCUT2D eigenvalue weighted by atomic mass is 16.1. The second-order valence-electron chi connectivity index (χ2n) is 8.04. The van der Waals surface area contributed by atoms with E-state index >= 15 is 0 Å². The lowest BCUT2D eigenvalue weighted by molar-refractivity contribution is 0.00903. The topological polar surface area (TPSA) is 44.1 Å². The zero-order valence-corrected chi connectivity index (χ0v) is 15.9. The maximum absolute atomic E-state index is 13.3. The number of carbonyl (C=O) groups excluding carboxylic acids is 1. The predicted molar refractivity (Wildman–Crippen MR) is 106 cm³/mol. The van der Waals surface area contributed by atoms with Gasteiger partial charge in [-0.25, -0.2) is 0 Å². The minimum absolute atomic E-state index is 0.0422. The van der Waals surface area contributed by atoms with Crippen LogP contribution >= 0.6 is 0 Å². The summed E-state index contributed by atoms with van der Waals surface area (Å²) in [5, 5.41) is 9.45. The summed E-state index contributed by atoms with van der Waals surface area (Å²) in [6.45, 7) is 2.92. The SMILES string of the molecule is Cc1cccc(C#N)c1C(=O)C1CC2CCCC(C1)N2Cc1ccccc1. The molecule has 2 saturated heterocycles. The summed E-state index contributed by atoms with van der Waals surface area (Å²) in [7, 11) is 0. The van der Waals surface area contributed by atoms with Gasteiger partial charge < -0.3 is 0 Å². The lowest BCUT2D eigenvalue weighted by atomic mass is 9.74. The lowest BCUT2D eigenvalue weighted by Gasteiger charge is -2.48. The number of benzene rings is 2. The fraction of sp³-hybridized carbons (Fsp3) is 0.417. The molecule has 0 N–H and O–H groups in total. The number of nitriles is 1. The van der Waals surface area contributed by atoms with E-state index in [0.717, 1.165) is 24.9 Å². The first-order chi connectivity index (χ1) is 13.2. The van der Waals surface area contributed by atoms with Gasteiger partial charge in [0.1, 0.15) is 0 Å². The van der Waals surface area contributed by atoms with Gasteiger partial charge in [-0.2, -0.15) is 5.26 Å². The van der Waals surface area contributed by atoms with Crippen LogP contribution in [0.1, 0.15) is 59.2 Å². The van der Waals surface area contributed by atoms with E-state index in [1.165, 1.54) is 24.8 Å². The smallest absolute Gasteiger partial charge is 0.167 e. The van der Waals surface area contributed by atoms with Gasteiger partial charge in [-0.15, -0.1) is 0 Å². The number of Topliss-reactive ketones (excluding diaryl/α,β-unsaturated/α-hetero) is 1. The van der Waals surface area contributed by atoms with Crippen LogP contribution in [-0.4, -0.2) is 22.8 Å². The van der Waals surface area contributed by atoms with Gasteiger partial charge in [-0.1, -0.05) is 48.9 Å². The van der Waals surface area contributed by atoms with Crippen LogP contribution in [0, 0.1) is 24.2 Å². The summed E-state index contributed by atoms with van der Waals surface area (Å²) in [5.74, 6) is 0.224. The summed E-state index contributed by atoms with van der Waals surface area (Å²) in [6, 6.07) is 19.4. The largest absolute Gasteiger partial charge is 0.294 e. The van der Waals surface area contributed by atoms with Gasteiger partial charge >= 0.3 is 0 Å². The molecule has 2 bridgehead atoms. The molecule has 27 heavy (non-hydrogen) atoms. The number of hydrogen-bond acceptors (Lipinski definition) is 3. The molecule has 2 unspecified atom stereocenters. The van der Waals surface area contributed by atoms with Gasteiger partial charge in [0.2, 0.25) is 0 Å². The van der Waals surface area contributed by atoms with Gasteiger partial charge in [0.05, 0.1) is 11.6 Å². The molecule has 3 nitrogen and oxygen atoms in total. The molecule has 2 aliphatic heterocycles. The van der Waals surface area contributed by atoms with Gasteiger partial charge in [0, 0.05) is 30.1 Å². The van der Waals surface area contributed by atoms with Crippen molar-refractivity contribution in [2.24, 2.45) is 5.92 Å². The van der Waals surface area contributed by atoms with E-state index in [1.54, 1.807) is 6.07 Å². The summed E-state index contributed by atoms with van der Waals surface area (Å²) in [6.07, 6.45) is 5.44. The van der Waals surface area contributed by atoms with Crippen molar-refractivity contribution in [3.8, 4) is 6.07 Å². The minimum atomic E-state index is 0.0422. The third-order valence-corrected chi connectivity index (χ3v) is 6.34. The Bertz CT molecular complexity index is 854. The maximum Gasteiger partial charge on any atom is 0.167 e. The average Bonchev–Trinajstić information content (AvgIpc) is 2.68. The summed E-state index contributed by atoms with van der Waals surface area (Å²) in [4.78, 5) is 16.0. The van der Waals surface area contributed by atoms with Crippen LogP contribution in [-0.2, 0) is 6.54 Å². The molecular weight excluding hydrogens is 332 g/mol. The molecular formula is C24H26N2O. The van der Waals surface area contributed by atoms with Gasteiger partial charge in [0.25, 0.3) is 0 Å². The molecule has 0 aromatic heterocycles. The third-order valence-electron chi connectivity index (χ3n) is 6.34. The fourth-order valence-corrected chi connectivity index (χ4v) is 5.04. The average molecular weight is 358 g/mol. The van der Waals surface area contributed by atoms with Crippen LogP contribution in [0.4, 0.5) is 0 Å². The first-order valence-electron chi connectivity index (χ1n) is 10.0. The van der Waals surface area contributed by atoms with Crippen molar-refractivity contribution in [3.63, 3.8) is 0 Å². The molecule has 0 saturated carbocycles. The molecule has 0 radical (unpaired) electrons. The number of hydrogen-bond donors (Lipinski definition) is 0. The molecule has 3 heteroatoms. The number of fused-ring (bicyclic) bond motifs is 2. The molecule has 2 aromatic rings. The van der Waals surface area contributed by atoms with Gasteiger partial charge in [0.15, 0.2) is 5.78 Å². The molecule has 4 rings (SSSR count). The Kier molecular flexibility index (Phi) is 5.09. The van der Waals surface area contributed by atoms with Crippen molar-refractivity contribution in [2.75, 3.05) is 0 Å². The van der Waals surface area contributed by atoms with Crippen molar-refractivity contribution < 1.29 is 4.79 Å². The first kappa shape index (κ1) is 17.9. The molecule has 2 heterocycles. The van der Waals surface area contributed by atoms with Crippen molar-refractivity contribution in [2.45, 2.75) is 57.7 Å². The third kappa shape index (κ3) is 3.55. The van der Waals surface area contributed by atoms with Crippen LogP contribution in [0.2, 0.25) is 0 Å². The molecule has 138 valence electrons. The highest BCUT2D eigenvalue weighted by molar-refractivity contribution is 6.01. The zero-order chi connectivity index (χ0) is 18.8. The van der Waals surface area contributed by atoms with E-state index in [-0.39, 0.29) is 11.7 Å². The summed E-state index contributed by atoms with van der Waals surface area (Å²) < 4.78 is 0. The highest BCUT2D eigenvalue weighted by Crippen LogP contribution is 2.39. The fourth-order valence-electron chi connectivity index (χ4n) is 5.04. The Labute approximate surface area is 161 Å². The second kappa shape index (κ2) is 7.66. The van der Waals surface area contributed by atoms with Crippen molar-refractivity contribution >= 4 is 5.78 Å². The predicted octanol–water partition coefficient (Wildman–Crippen LogP) is 4.88. The molecule has 0 spiro atoms. The van der Waals surface area contributed by atoms with Crippen LogP contribution in [0.3, 0.4) is 0 Å². The van der Waals surface area contributed by atoms with Crippen LogP contribution in [0.15, 0.2) is 48.5 Å². The lowest BCUT2D eigenvalue weighted by Crippen LogP contribution is -2.52.